The van der Waals surface area contributed by atoms with Crippen LogP contribution in [0.5, 0.6) is 11.5 Å². The lowest BCUT2D eigenvalue weighted by molar-refractivity contribution is 0.0469. The second-order valence-electron chi connectivity index (χ2n) is 6.09. The zero-order valence-corrected chi connectivity index (χ0v) is 15.7. The van der Waals surface area contributed by atoms with Gasteiger partial charge < -0.3 is 18.6 Å². The van der Waals surface area contributed by atoms with Gasteiger partial charge in [-0.2, -0.15) is 5.26 Å². The summed E-state index contributed by atoms with van der Waals surface area (Å²) in [6, 6.07) is 8.99. The summed E-state index contributed by atoms with van der Waals surface area (Å²) in [5, 5.41) is 9.92. The predicted octanol–water partition coefficient (Wildman–Crippen LogP) is 4.03. The van der Waals surface area contributed by atoms with Gasteiger partial charge in [-0.15, -0.1) is 0 Å². The van der Waals surface area contributed by atoms with Crippen LogP contribution in [0, 0.1) is 18.3 Å². The maximum absolute atomic E-state index is 12.6. The Morgan fingerprint density at radius 3 is 2.79 bits per heavy atom. The summed E-state index contributed by atoms with van der Waals surface area (Å²) in [6.07, 6.45) is 3.46. The van der Waals surface area contributed by atoms with Crippen LogP contribution in [0.2, 0.25) is 5.02 Å². The van der Waals surface area contributed by atoms with E-state index >= 15 is 0 Å². The first-order valence-electron chi connectivity index (χ1n) is 8.50. The number of fused-ring (bicyclic) bond motifs is 1. The third kappa shape index (κ3) is 3.19. The highest BCUT2D eigenvalue weighted by atomic mass is 35.5. The second kappa shape index (κ2) is 7.33. The zero-order chi connectivity index (χ0) is 19.7. The van der Waals surface area contributed by atoms with Crippen molar-refractivity contribution < 1.29 is 23.4 Å². The van der Waals surface area contributed by atoms with Crippen LogP contribution in [-0.4, -0.2) is 23.8 Å². The number of nitriles is 1. The summed E-state index contributed by atoms with van der Waals surface area (Å²) < 4.78 is 23.7. The molecule has 1 aliphatic rings. The Hall–Kier alpha value is -3.37. The highest BCUT2D eigenvalue weighted by Gasteiger charge is 2.26. The summed E-state index contributed by atoms with van der Waals surface area (Å²) in [4.78, 5) is 12.6. The number of esters is 1. The lowest BCUT2D eigenvalue weighted by atomic mass is 10.1. The van der Waals surface area contributed by atoms with Gasteiger partial charge in [-0.25, -0.2) is 4.79 Å². The highest BCUT2D eigenvalue weighted by molar-refractivity contribution is 6.32. The predicted molar refractivity (Wildman–Crippen MR) is 99.0 cm³/mol. The molecule has 3 heterocycles. The molecule has 2 aromatic heterocycles. The average Bonchev–Trinajstić information content (AvgIpc) is 3.33. The molecule has 0 amide bonds. The molecule has 0 bridgehead atoms. The van der Waals surface area contributed by atoms with Crippen LogP contribution >= 0.6 is 11.6 Å². The van der Waals surface area contributed by atoms with E-state index in [2.05, 4.69) is 0 Å². The average molecular weight is 399 g/mol. The van der Waals surface area contributed by atoms with Crippen molar-refractivity contribution >= 4 is 17.6 Å². The van der Waals surface area contributed by atoms with Gasteiger partial charge in [0.2, 0.25) is 5.88 Å². The van der Waals surface area contributed by atoms with E-state index in [9.17, 15) is 10.1 Å². The number of carbonyl (C=O) groups excluding carboxylic acids is 1. The molecule has 0 spiro atoms. The Labute approximate surface area is 165 Å². The number of furan rings is 1. The largest absolute Gasteiger partial charge is 0.486 e. The molecule has 0 atom stereocenters. The van der Waals surface area contributed by atoms with Crippen molar-refractivity contribution in [2.24, 2.45) is 0 Å². The van der Waals surface area contributed by atoms with Crippen molar-refractivity contribution in [2.45, 2.75) is 13.5 Å². The zero-order valence-electron chi connectivity index (χ0n) is 14.9. The third-order valence-electron chi connectivity index (χ3n) is 4.25. The van der Waals surface area contributed by atoms with Crippen LogP contribution in [-0.2, 0) is 11.3 Å². The molecule has 1 aliphatic heterocycles. The molecule has 0 N–H and O–H groups in total. The maximum Gasteiger partial charge on any atom is 0.343 e. The van der Waals surface area contributed by atoms with E-state index < -0.39 is 5.97 Å². The fourth-order valence-electron chi connectivity index (χ4n) is 3.00. The van der Waals surface area contributed by atoms with Crippen LogP contribution in [0.1, 0.15) is 27.2 Å². The number of ether oxygens (including phenoxy) is 3. The van der Waals surface area contributed by atoms with E-state index in [0.717, 1.165) is 0 Å². The van der Waals surface area contributed by atoms with E-state index in [1.807, 2.05) is 6.07 Å². The van der Waals surface area contributed by atoms with Gasteiger partial charge in [0.1, 0.15) is 42.8 Å². The van der Waals surface area contributed by atoms with Gasteiger partial charge in [0.05, 0.1) is 5.02 Å². The number of hydrogen-bond acceptors (Lipinski definition) is 6. The lowest BCUT2D eigenvalue weighted by Crippen LogP contribution is -2.16. The molecule has 8 heteroatoms. The molecule has 7 nitrogen and oxygen atoms in total. The number of aromatic nitrogens is 1. The standard InChI is InChI=1S/C20H15ClN2O5/c1-12-17(14(10-22)19(28-12)23-4-2-3-5-23)20(24)27-11-13-8-15(21)18-16(9-13)25-6-7-26-18/h2-5,8-9H,6-7,11H2,1H3. The lowest BCUT2D eigenvalue weighted by Gasteiger charge is -2.20. The minimum atomic E-state index is -0.651. The van der Waals surface area contributed by atoms with Gasteiger partial charge in [-0.1, -0.05) is 11.6 Å². The summed E-state index contributed by atoms with van der Waals surface area (Å²) in [7, 11) is 0. The smallest absolute Gasteiger partial charge is 0.343 e. The molecule has 3 aromatic rings. The first-order valence-corrected chi connectivity index (χ1v) is 8.88. The fraction of sp³-hybridized carbons (Fsp3) is 0.200. The molecule has 4 rings (SSSR count). The first kappa shape index (κ1) is 18.0. The Kier molecular flexibility index (Phi) is 4.72. The summed E-state index contributed by atoms with van der Waals surface area (Å²) in [6.45, 7) is 2.44. The van der Waals surface area contributed by atoms with Crippen molar-refractivity contribution in [3.63, 3.8) is 0 Å². The Balaban J connectivity index is 1.57. The van der Waals surface area contributed by atoms with Crippen LogP contribution in [0.3, 0.4) is 0 Å². The summed E-state index contributed by atoms with van der Waals surface area (Å²) >= 11 is 6.21. The molecular formula is C20H15ClN2O5. The van der Waals surface area contributed by atoms with E-state index in [1.165, 1.54) is 0 Å². The van der Waals surface area contributed by atoms with Crippen LogP contribution < -0.4 is 9.47 Å². The number of hydrogen-bond donors (Lipinski definition) is 0. The maximum atomic E-state index is 12.6. The molecule has 0 unspecified atom stereocenters. The molecule has 1 aromatic carbocycles. The number of nitrogens with zero attached hydrogens (tertiary/aromatic N) is 2. The third-order valence-corrected chi connectivity index (χ3v) is 4.53. The summed E-state index contributed by atoms with van der Waals surface area (Å²) in [5.74, 6) is 0.931. The molecule has 28 heavy (non-hydrogen) atoms. The molecule has 0 saturated heterocycles. The van der Waals surface area contributed by atoms with Crippen molar-refractivity contribution in [2.75, 3.05) is 13.2 Å². The number of halogens is 1. The highest BCUT2D eigenvalue weighted by Crippen LogP contribution is 2.38. The van der Waals surface area contributed by atoms with Crippen LogP contribution in [0.25, 0.3) is 5.88 Å². The van der Waals surface area contributed by atoms with Gasteiger partial charge in [0, 0.05) is 12.4 Å². The molecule has 142 valence electrons. The SMILES string of the molecule is Cc1oc(-n2cccc2)c(C#N)c1C(=O)OCc1cc(Cl)c2c(c1)OCCO2. The van der Waals surface area contributed by atoms with Crippen LogP contribution in [0.15, 0.2) is 41.1 Å². The number of carbonyl (C=O) groups is 1. The van der Waals surface area contributed by atoms with Gasteiger partial charge in [0.25, 0.3) is 0 Å². The number of benzene rings is 1. The van der Waals surface area contributed by atoms with E-state index in [4.69, 9.17) is 30.2 Å². The van der Waals surface area contributed by atoms with Gasteiger partial charge in [-0.3, -0.25) is 4.57 Å². The van der Waals surface area contributed by atoms with Gasteiger partial charge in [0.15, 0.2) is 11.5 Å². The van der Waals surface area contributed by atoms with Crippen molar-refractivity contribution in [1.82, 2.24) is 4.57 Å². The van der Waals surface area contributed by atoms with Crippen molar-refractivity contribution in [1.29, 1.82) is 5.26 Å². The normalized spacial score (nSPS) is 12.5. The Morgan fingerprint density at radius 1 is 1.29 bits per heavy atom. The Bertz CT molecular complexity index is 1080. The quantitative estimate of drug-likeness (QED) is 0.616. The van der Waals surface area contributed by atoms with Crippen molar-refractivity contribution in [3.05, 3.63) is 64.1 Å². The van der Waals surface area contributed by atoms with E-state index in [1.54, 1.807) is 48.1 Å². The minimum absolute atomic E-state index is 0.0382. The van der Waals surface area contributed by atoms with Gasteiger partial charge >= 0.3 is 5.97 Å². The van der Waals surface area contributed by atoms with Crippen molar-refractivity contribution in [3.8, 4) is 23.5 Å². The number of rotatable bonds is 4. The topological polar surface area (TPSA) is 86.6 Å². The molecule has 0 aliphatic carbocycles. The van der Waals surface area contributed by atoms with E-state index in [-0.39, 0.29) is 23.6 Å². The van der Waals surface area contributed by atoms with Crippen LogP contribution in [0.4, 0.5) is 0 Å². The second-order valence-corrected chi connectivity index (χ2v) is 6.50. The molecule has 0 radical (unpaired) electrons. The minimum Gasteiger partial charge on any atom is -0.486 e. The van der Waals surface area contributed by atoms with E-state index in [0.29, 0.717) is 41.1 Å². The Morgan fingerprint density at radius 2 is 2.04 bits per heavy atom. The monoisotopic (exact) mass is 398 g/mol. The molecular weight excluding hydrogens is 384 g/mol. The fourth-order valence-corrected chi connectivity index (χ4v) is 3.29. The number of aryl methyl sites for hydroxylation is 1. The molecule has 0 saturated carbocycles. The van der Waals surface area contributed by atoms with Gasteiger partial charge in [-0.05, 0) is 36.8 Å². The summed E-state index contributed by atoms with van der Waals surface area (Å²) in [5.41, 5.74) is 0.877. The first-order chi connectivity index (χ1) is 13.6. The molecule has 0 fully saturated rings.